The minimum absolute atomic E-state index is 0.00694. The molecule has 0 aromatic rings. The van der Waals surface area contributed by atoms with Gasteiger partial charge in [0.05, 0.1) is 0 Å². The summed E-state index contributed by atoms with van der Waals surface area (Å²) >= 11 is 0. The van der Waals surface area contributed by atoms with Gasteiger partial charge in [-0.05, 0) is 0 Å². The summed E-state index contributed by atoms with van der Waals surface area (Å²) in [4.78, 5) is 3.63. The molecule has 1 aliphatic heterocycles. The molecular formula is C6H8FN. The Morgan fingerprint density at radius 2 is 2.38 bits per heavy atom. The lowest BCUT2D eigenvalue weighted by Crippen LogP contribution is -2.13. The molecule has 1 aliphatic rings. The van der Waals surface area contributed by atoms with Crippen molar-refractivity contribution in [3.63, 3.8) is 0 Å². The molecule has 0 aliphatic carbocycles. The highest BCUT2D eigenvalue weighted by molar-refractivity contribution is 5.65. The van der Waals surface area contributed by atoms with Crippen molar-refractivity contribution >= 4 is 6.21 Å². The van der Waals surface area contributed by atoms with Crippen LogP contribution in [0, 0.1) is 5.92 Å². The Bertz CT molecular complexity index is 112. The molecule has 0 fully saturated rings. The third-order valence-electron chi connectivity index (χ3n) is 1.21. The predicted molar refractivity (Wildman–Crippen MR) is 31.7 cm³/mol. The topological polar surface area (TPSA) is 12.4 Å². The second-order valence-corrected chi connectivity index (χ2v) is 1.94. The van der Waals surface area contributed by atoms with Gasteiger partial charge >= 0.3 is 0 Å². The first kappa shape index (κ1) is 5.48. The van der Waals surface area contributed by atoms with E-state index in [1.807, 2.05) is 6.92 Å². The quantitative estimate of drug-likeness (QED) is 0.452. The van der Waals surface area contributed by atoms with Crippen LogP contribution in [0.5, 0.6) is 0 Å². The number of halogens is 1. The fourth-order valence-electron chi connectivity index (χ4n) is 0.559. The van der Waals surface area contributed by atoms with Crippen LogP contribution in [0.4, 0.5) is 4.39 Å². The Kier molecular flexibility index (Phi) is 1.42. The average molecular weight is 113 g/mol. The van der Waals surface area contributed by atoms with E-state index in [9.17, 15) is 4.39 Å². The Labute approximate surface area is 47.9 Å². The van der Waals surface area contributed by atoms with E-state index in [1.165, 1.54) is 6.21 Å². The molecule has 0 aromatic carbocycles. The molecule has 2 unspecified atom stereocenters. The first-order valence-electron chi connectivity index (χ1n) is 2.65. The summed E-state index contributed by atoms with van der Waals surface area (Å²) in [6.45, 7) is 1.83. The lowest BCUT2D eigenvalue weighted by Gasteiger charge is -2.08. The van der Waals surface area contributed by atoms with Crippen LogP contribution in [0.3, 0.4) is 0 Å². The Morgan fingerprint density at radius 3 is 2.75 bits per heavy atom. The van der Waals surface area contributed by atoms with Gasteiger partial charge in [0.2, 0.25) is 0 Å². The molecule has 1 rings (SSSR count). The SMILES string of the molecule is CC1C=CN=CC1F. The van der Waals surface area contributed by atoms with Crippen LogP contribution < -0.4 is 0 Å². The Morgan fingerprint density at radius 1 is 1.62 bits per heavy atom. The van der Waals surface area contributed by atoms with Gasteiger partial charge in [-0.25, -0.2) is 4.39 Å². The van der Waals surface area contributed by atoms with E-state index in [0.29, 0.717) is 0 Å². The van der Waals surface area contributed by atoms with Gasteiger partial charge in [-0.2, -0.15) is 0 Å². The largest absolute Gasteiger partial charge is 0.266 e. The first-order chi connectivity index (χ1) is 3.80. The predicted octanol–water partition coefficient (Wildman–Crippen LogP) is 1.56. The second-order valence-electron chi connectivity index (χ2n) is 1.94. The van der Waals surface area contributed by atoms with Gasteiger partial charge in [0, 0.05) is 18.3 Å². The molecule has 44 valence electrons. The third-order valence-corrected chi connectivity index (χ3v) is 1.21. The van der Waals surface area contributed by atoms with Gasteiger partial charge in [0.1, 0.15) is 6.17 Å². The molecule has 0 radical (unpaired) electrons. The fourth-order valence-corrected chi connectivity index (χ4v) is 0.559. The van der Waals surface area contributed by atoms with Gasteiger partial charge in [0.15, 0.2) is 0 Å². The number of hydrogen-bond donors (Lipinski definition) is 0. The molecule has 2 atom stereocenters. The van der Waals surface area contributed by atoms with E-state index in [0.717, 1.165) is 0 Å². The minimum Gasteiger partial charge on any atom is -0.266 e. The van der Waals surface area contributed by atoms with Crippen LogP contribution in [0.2, 0.25) is 0 Å². The van der Waals surface area contributed by atoms with Crippen molar-refractivity contribution in [2.75, 3.05) is 0 Å². The highest BCUT2D eigenvalue weighted by Crippen LogP contribution is 2.10. The molecule has 0 aromatic heterocycles. The lowest BCUT2D eigenvalue weighted by molar-refractivity contribution is 0.362. The van der Waals surface area contributed by atoms with Crippen molar-refractivity contribution in [1.82, 2.24) is 0 Å². The summed E-state index contributed by atoms with van der Waals surface area (Å²) in [5.74, 6) is 0.00694. The average Bonchev–Trinajstić information content (AvgIpc) is 1.77. The van der Waals surface area contributed by atoms with E-state index in [1.54, 1.807) is 12.3 Å². The van der Waals surface area contributed by atoms with Gasteiger partial charge in [0.25, 0.3) is 0 Å². The van der Waals surface area contributed by atoms with Crippen molar-refractivity contribution < 1.29 is 4.39 Å². The van der Waals surface area contributed by atoms with Crippen LogP contribution in [0.1, 0.15) is 6.92 Å². The molecule has 1 heterocycles. The zero-order valence-electron chi connectivity index (χ0n) is 4.71. The van der Waals surface area contributed by atoms with E-state index in [-0.39, 0.29) is 5.92 Å². The number of allylic oxidation sites excluding steroid dienone is 1. The molecule has 0 saturated carbocycles. The van der Waals surface area contributed by atoms with Crippen molar-refractivity contribution in [2.24, 2.45) is 10.9 Å². The number of alkyl halides is 1. The number of hydrogen-bond acceptors (Lipinski definition) is 1. The standard InChI is InChI=1S/C6H8FN/c1-5-2-3-8-4-6(5)7/h2-6H,1H3. The maximum atomic E-state index is 12.4. The van der Waals surface area contributed by atoms with Gasteiger partial charge in [-0.15, -0.1) is 0 Å². The highest BCUT2D eigenvalue weighted by atomic mass is 19.1. The van der Waals surface area contributed by atoms with Gasteiger partial charge in [-0.1, -0.05) is 13.0 Å². The zero-order valence-corrected chi connectivity index (χ0v) is 4.71. The Hall–Kier alpha value is -0.660. The molecule has 2 heteroatoms. The number of rotatable bonds is 0. The maximum absolute atomic E-state index is 12.4. The molecule has 8 heavy (non-hydrogen) atoms. The van der Waals surface area contributed by atoms with Crippen LogP contribution in [-0.4, -0.2) is 12.4 Å². The highest BCUT2D eigenvalue weighted by Gasteiger charge is 2.11. The van der Waals surface area contributed by atoms with E-state index < -0.39 is 6.17 Å². The molecule has 0 saturated heterocycles. The van der Waals surface area contributed by atoms with Crippen molar-refractivity contribution in [3.8, 4) is 0 Å². The van der Waals surface area contributed by atoms with Crippen molar-refractivity contribution in [3.05, 3.63) is 12.3 Å². The normalized spacial score (nSPS) is 35.8. The smallest absolute Gasteiger partial charge is 0.141 e. The summed E-state index contributed by atoms with van der Waals surface area (Å²) < 4.78 is 12.4. The van der Waals surface area contributed by atoms with Crippen LogP contribution in [0.15, 0.2) is 17.3 Å². The minimum atomic E-state index is -0.875. The maximum Gasteiger partial charge on any atom is 0.141 e. The van der Waals surface area contributed by atoms with Crippen LogP contribution >= 0.6 is 0 Å². The lowest BCUT2D eigenvalue weighted by atomic mass is 10.1. The summed E-state index contributed by atoms with van der Waals surface area (Å²) in [5, 5.41) is 0. The number of nitrogens with zero attached hydrogens (tertiary/aromatic N) is 1. The van der Waals surface area contributed by atoms with E-state index in [4.69, 9.17) is 0 Å². The molecular weight excluding hydrogens is 105 g/mol. The monoisotopic (exact) mass is 113 g/mol. The summed E-state index contributed by atoms with van der Waals surface area (Å²) in [5.41, 5.74) is 0. The molecule has 0 N–H and O–H groups in total. The molecule has 1 nitrogen and oxygen atoms in total. The van der Waals surface area contributed by atoms with E-state index in [2.05, 4.69) is 4.99 Å². The first-order valence-corrected chi connectivity index (χ1v) is 2.65. The van der Waals surface area contributed by atoms with Crippen LogP contribution in [-0.2, 0) is 0 Å². The summed E-state index contributed by atoms with van der Waals surface area (Å²) in [6.07, 6.45) is 3.83. The summed E-state index contributed by atoms with van der Waals surface area (Å²) in [7, 11) is 0. The van der Waals surface area contributed by atoms with E-state index >= 15 is 0 Å². The van der Waals surface area contributed by atoms with Gasteiger partial charge in [-0.3, -0.25) is 4.99 Å². The molecule has 0 spiro atoms. The van der Waals surface area contributed by atoms with Crippen LogP contribution in [0.25, 0.3) is 0 Å². The molecule has 0 bridgehead atoms. The van der Waals surface area contributed by atoms with Gasteiger partial charge < -0.3 is 0 Å². The third kappa shape index (κ3) is 0.941. The van der Waals surface area contributed by atoms with Crippen molar-refractivity contribution in [1.29, 1.82) is 0 Å². The molecule has 0 amide bonds. The Balaban J connectivity index is 2.59. The summed E-state index contributed by atoms with van der Waals surface area (Å²) in [6, 6.07) is 0. The van der Waals surface area contributed by atoms with Crippen molar-refractivity contribution in [2.45, 2.75) is 13.1 Å². The second kappa shape index (κ2) is 2.07. The zero-order chi connectivity index (χ0) is 5.98. The fraction of sp³-hybridized carbons (Fsp3) is 0.500. The number of aliphatic imine (C=N–C) groups is 1.